The lowest BCUT2D eigenvalue weighted by Gasteiger charge is -2.33. The van der Waals surface area contributed by atoms with Gasteiger partial charge in [-0.1, -0.05) is 6.92 Å². The first kappa shape index (κ1) is 17.9. The highest BCUT2D eigenvalue weighted by atomic mass is 32.1. The number of carboxylic acids is 1. The number of carbonyl (C=O) groups excluding carboxylic acids is 1. The molecule has 0 bridgehead atoms. The minimum absolute atomic E-state index is 0.00148. The van der Waals surface area contributed by atoms with E-state index in [1.165, 1.54) is 4.90 Å². The van der Waals surface area contributed by atoms with Crippen molar-refractivity contribution in [3.05, 3.63) is 16.1 Å². The van der Waals surface area contributed by atoms with E-state index in [0.29, 0.717) is 6.54 Å². The average molecular weight is 339 g/mol. The van der Waals surface area contributed by atoms with Crippen LogP contribution in [0, 0.1) is 12.8 Å². The largest absolute Gasteiger partial charge is 0.480 e. The number of amides is 1. The second kappa shape index (κ2) is 8.40. The highest BCUT2D eigenvalue weighted by molar-refractivity contribution is 7.09. The van der Waals surface area contributed by atoms with Crippen molar-refractivity contribution in [2.75, 3.05) is 26.2 Å². The first-order chi connectivity index (χ1) is 11.0. The van der Waals surface area contributed by atoms with Gasteiger partial charge in [0.2, 0.25) is 5.91 Å². The number of aromatic nitrogens is 1. The van der Waals surface area contributed by atoms with Crippen molar-refractivity contribution in [1.29, 1.82) is 0 Å². The number of thiazole rings is 1. The lowest BCUT2D eigenvalue weighted by Crippen LogP contribution is -2.44. The molecular weight excluding hydrogens is 314 g/mol. The number of hydrogen-bond acceptors (Lipinski definition) is 5. The Morgan fingerprint density at radius 1 is 1.43 bits per heavy atom. The Balaban J connectivity index is 1.84. The molecule has 1 N–H and O–H groups in total. The van der Waals surface area contributed by atoms with E-state index in [1.54, 1.807) is 11.3 Å². The standard InChI is InChI=1S/C16H25N3O3S/c1-3-6-19(10-15(20)21)16(22)13-4-7-18(8-5-13)9-14-11-23-12(2)17-14/h11,13H,3-10H2,1-2H3,(H,20,21). The Kier molecular flexibility index (Phi) is 6.53. The van der Waals surface area contributed by atoms with Crippen molar-refractivity contribution in [2.24, 2.45) is 5.92 Å². The summed E-state index contributed by atoms with van der Waals surface area (Å²) in [6, 6.07) is 0. The molecule has 0 atom stereocenters. The second-order valence-electron chi connectivity index (χ2n) is 6.06. The Hall–Kier alpha value is -1.47. The van der Waals surface area contributed by atoms with Crippen LogP contribution in [-0.4, -0.2) is 57.9 Å². The fourth-order valence-corrected chi connectivity index (χ4v) is 3.61. The number of carboxylic acid groups (broad SMARTS) is 1. The topological polar surface area (TPSA) is 73.7 Å². The summed E-state index contributed by atoms with van der Waals surface area (Å²) in [6.07, 6.45) is 2.37. The lowest BCUT2D eigenvalue weighted by atomic mass is 9.95. The quantitative estimate of drug-likeness (QED) is 0.822. The van der Waals surface area contributed by atoms with Crippen LogP contribution in [0.2, 0.25) is 0 Å². The number of aliphatic carboxylic acids is 1. The van der Waals surface area contributed by atoms with E-state index >= 15 is 0 Å². The maximum Gasteiger partial charge on any atom is 0.323 e. The summed E-state index contributed by atoms with van der Waals surface area (Å²) in [5.74, 6) is -0.990. The molecule has 2 heterocycles. The van der Waals surface area contributed by atoms with Gasteiger partial charge in [0.05, 0.1) is 10.7 Å². The minimum atomic E-state index is -0.942. The molecule has 2 rings (SSSR count). The van der Waals surface area contributed by atoms with Gasteiger partial charge in [0.15, 0.2) is 0 Å². The third-order valence-corrected chi connectivity index (χ3v) is 4.94. The Labute approximate surface area is 141 Å². The van der Waals surface area contributed by atoms with Crippen LogP contribution in [0.5, 0.6) is 0 Å². The zero-order chi connectivity index (χ0) is 16.8. The van der Waals surface area contributed by atoms with Gasteiger partial charge in [-0.05, 0) is 39.3 Å². The van der Waals surface area contributed by atoms with Gasteiger partial charge >= 0.3 is 5.97 Å². The van der Waals surface area contributed by atoms with Crippen molar-refractivity contribution in [1.82, 2.24) is 14.8 Å². The molecular formula is C16H25N3O3S. The maximum absolute atomic E-state index is 12.5. The van der Waals surface area contributed by atoms with Gasteiger partial charge in [-0.25, -0.2) is 4.98 Å². The maximum atomic E-state index is 12.5. The van der Waals surface area contributed by atoms with Crippen LogP contribution in [0.1, 0.15) is 36.9 Å². The summed E-state index contributed by atoms with van der Waals surface area (Å²) in [6.45, 7) is 6.85. The van der Waals surface area contributed by atoms with Gasteiger partial charge in [-0.3, -0.25) is 14.5 Å². The molecule has 128 valence electrons. The predicted octanol–water partition coefficient (Wildman–Crippen LogP) is 1.99. The molecule has 6 nitrogen and oxygen atoms in total. The monoisotopic (exact) mass is 339 g/mol. The molecule has 0 aromatic carbocycles. The van der Waals surface area contributed by atoms with Crippen LogP contribution in [-0.2, 0) is 16.1 Å². The van der Waals surface area contributed by atoms with Crippen molar-refractivity contribution in [2.45, 2.75) is 39.7 Å². The third kappa shape index (κ3) is 5.28. The number of nitrogens with zero attached hydrogens (tertiary/aromatic N) is 3. The summed E-state index contributed by atoms with van der Waals surface area (Å²) in [7, 11) is 0. The SMILES string of the molecule is CCCN(CC(=O)O)C(=O)C1CCN(Cc2csc(C)n2)CC1. The number of aryl methyl sites for hydroxylation is 1. The summed E-state index contributed by atoms with van der Waals surface area (Å²) in [4.78, 5) is 31.7. The van der Waals surface area contributed by atoms with Crippen LogP contribution < -0.4 is 0 Å². The number of hydrogen-bond donors (Lipinski definition) is 1. The zero-order valence-corrected chi connectivity index (χ0v) is 14.6. The second-order valence-corrected chi connectivity index (χ2v) is 7.12. The molecule has 23 heavy (non-hydrogen) atoms. The molecule has 1 aromatic rings. The van der Waals surface area contributed by atoms with Crippen LogP contribution >= 0.6 is 11.3 Å². The molecule has 0 radical (unpaired) electrons. The molecule has 0 unspecified atom stereocenters. The van der Waals surface area contributed by atoms with E-state index in [1.807, 2.05) is 13.8 Å². The van der Waals surface area contributed by atoms with Crippen LogP contribution in [0.25, 0.3) is 0 Å². The predicted molar refractivity (Wildman–Crippen MR) is 89.4 cm³/mol. The summed E-state index contributed by atoms with van der Waals surface area (Å²) >= 11 is 1.66. The van der Waals surface area contributed by atoms with Crippen LogP contribution in [0.15, 0.2) is 5.38 Å². The number of piperidine rings is 1. The van der Waals surface area contributed by atoms with Crippen LogP contribution in [0.4, 0.5) is 0 Å². The summed E-state index contributed by atoms with van der Waals surface area (Å²) < 4.78 is 0. The van der Waals surface area contributed by atoms with E-state index in [0.717, 1.165) is 49.6 Å². The normalized spacial score (nSPS) is 16.4. The van der Waals surface area contributed by atoms with Gasteiger partial charge < -0.3 is 10.0 Å². The molecule has 1 amide bonds. The summed E-state index contributed by atoms with van der Waals surface area (Å²) in [5.41, 5.74) is 1.09. The van der Waals surface area contributed by atoms with Gasteiger partial charge in [0, 0.05) is 24.4 Å². The molecule has 7 heteroatoms. The number of likely N-dealkylation sites (tertiary alicyclic amines) is 1. The van der Waals surface area contributed by atoms with Crippen molar-refractivity contribution in [3.63, 3.8) is 0 Å². The van der Waals surface area contributed by atoms with E-state index in [4.69, 9.17) is 5.11 Å². The minimum Gasteiger partial charge on any atom is -0.480 e. The first-order valence-electron chi connectivity index (χ1n) is 8.13. The molecule has 1 saturated heterocycles. The van der Waals surface area contributed by atoms with Crippen molar-refractivity contribution >= 4 is 23.2 Å². The third-order valence-electron chi connectivity index (χ3n) is 4.12. The fourth-order valence-electron chi connectivity index (χ4n) is 3.01. The zero-order valence-electron chi connectivity index (χ0n) is 13.8. The summed E-state index contributed by atoms with van der Waals surface area (Å²) in [5, 5.41) is 12.1. The molecule has 0 saturated carbocycles. The van der Waals surface area contributed by atoms with Gasteiger partial charge in [-0.2, -0.15) is 0 Å². The van der Waals surface area contributed by atoms with Gasteiger partial charge in [0.25, 0.3) is 0 Å². The van der Waals surface area contributed by atoms with Crippen molar-refractivity contribution in [3.8, 4) is 0 Å². The Morgan fingerprint density at radius 2 is 2.13 bits per heavy atom. The fraction of sp³-hybridized carbons (Fsp3) is 0.688. The molecule has 0 aliphatic carbocycles. The molecule has 1 aliphatic rings. The van der Waals surface area contributed by atoms with Gasteiger partial charge in [-0.15, -0.1) is 11.3 Å². The van der Waals surface area contributed by atoms with Crippen molar-refractivity contribution < 1.29 is 14.7 Å². The Morgan fingerprint density at radius 3 is 2.65 bits per heavy atom. The molecule has 1 aromatic heterocycles. The lowest BCUT2D eigenvalue weighted by molar-refractivity contribution is -0.147. The van der Waals surface area contributed by atoms with E-state index < -0.39 is 5.97 Å². The van der Waals surface area contributed by atoms with E-state index in [-0.39, 0.29) is 18.4 Å². The van der Waals surface area contributed by atoms with E-state index in [2.05, 4.69) is 15.3 Å². The molecule has 1 fully saturated rings. The van der Waals surface area contributed by atoms with E-state index in [9.17, 15) is 9.59 Å². The smallest absolute Gasteiger partial charge is 0.323 e. The van der Waals surface area contributed by atoms with Crippen LogP contribution in [0.3, 0.4) is 0 Å². The molecule has 0 spiro atoms. The Bertz CT molecular complexity index is 538. The average Bonchev–Trinajstić information content (AvgIpc) is 2.91. The first-order valence-corrected chi connectivity index (χ1v) is 9.01. The number of carbonyl (C=O) groups is 2. The highest BCUT2D eigenvalue weighted by Crippen LogP contribution is 2.22. The van der Waals surface area contributed by atoms with Gasteiger partial charge in [0.1, 0.15) is 6.54 Å². The molecule has 1 aliphatic heterocycles. The highest BCUT2D eigenvalue weighted by Gasteiger charge is 2.29. The number of rotatable bonds is 7.